The molecule has 0 spiro atoms. The topological polar surface area (TPSA) is 54.8 Å². The van der Waals surface area contributed by atoms with Crippen molar-refractivity contribution in [3.05, 3.63) is 55.1 Å². The minimum absolute atomic E-state index is 0.425. The van der Waals surface area contributed by atoms with Crippen LogP contribution in [0.5, 0.6) is 0 Å². The molecule has 1 atom stereocenters. The molecule has 4 aromatic rings. The number of fused-ring (bicyclic) bond motifs is 1. The Hall–Kier alpha value is -2.93. The number of thiazole rings is 1. The Labute approximate surface area is 165 Å². The summed E-state index contributed by atoms with van der Waals surface area (Å²) in [5.74, 6) is 0.823. The van der Waals surface area contributed by atoms with E-state index in [1.807, 2.05) is 47.8 Å². The van der Waals surface area contributed by atoms with Gasteiger partial charge in [-0.3, -0.25) is 4.98 Å². The van der Waals surface area contributed by atoms with Gasteiger partial charge in [0.05, 0.1) is 11.2 Å². The number of aromatic nitrogens is 4. The third-order valence-corrected chi connectivity index (χ3v) is 5.97. The van der Waals surface area contributed by atoms with Crippen molar-refractivity contribution in [2.24, 2.45) is 0 Å². The lowest BCUT2D eigenvalue weighted by Gasteiger charge is -2.29. The van der Waals surface area contributed by atoms with Crippen molar-refractivity contribution in [3.63, 3.8) is 0 Å². The molecule has 0 saturated carbocycles. The Morgan fingerprint density at radius 1 is 1.04 bits per heavy atom. The van der Waals surface area contributed by atoms with Gasteiger partial charge in [-0.1, -0.05) is 6.07 Å². The summed E-state index contributed by atoms with van der Waals surface area (Å²) in [4.78, 5) is 19.9. The maximum atomic E-state index is 13.6. The monoisotopic (exact) mass is 391 g/mol. The molecule has 0 amide bonds. The molecule has 0 aliphatic carbocycles. The molecule has 5 nitrogen and oxygen atoms in total. The first-order valence-electron chi connectivity index (χ1n) is 9.29. The van der Waals surface area contributed by atoms with Crippen molar-refractivity contribution in [2.75, 3.05) is 18.0 Å². The highest BCUT2D eigenvalue weighted by molar-refractivity contribution is 7.21. The first-order valence-corrected chi connectivity index (χ1v) is 10.1. The molecule has 0 unspecified atom stereocenters. The fourth-order valence-electron chi connectivity index (χ4n) is 3.47. The number of alkyl halides is 1. The van der Waals surface area contributed by atoms with Crippen LogP contribution in [0.25, 0.3) is 32.0 Å². The lowest BCUT2D eigenvalue weighted by Crippen LogP contribution is -2.36. The fraction of sp³-hybridized carbons (Fsp3) is 0.238. The highest BCUT2D eigenvalue weighted by Gasteiger charge is 2.20. The molecule has 7 heteroatoms. The number of pyridine rings is 3. The third kappa shape index (κ3) is 3.33. The molecule has 28 heavy (non-hydrogen) atoms. The quantitative estimate of drug-likeness (QED) is 0.504. The molecule has 0 radical (unpaired) electrons. The first-order chi connectivity index (χ1) is 13.8. The Morgan fingerprint density at radius 3 is 2.75 bits per heavy atom. The molecule has 140 valence electrons. The van der Waals surface area contributed by atoms with Crippen LogP contribution in [-0.2, 0) is 0 Å². The Balaban J connectivity index is 1.43. The first kappa shape index (κ1) is 17.2. The van der Waals surface area contributed by atoms with Crippen LogP contribution in [0.15, 0.2) is 55.1 Å². The summed E-state index contributed by atoms with van der Waals surface area (Å²) in [6.07, 6.45) is 7.98. The number of anilines is 1. The largest absolute Gasteiger partial charge is 0.354 e. The number of hydrogen-bond donors (Lipinski definition) is 0. The SMILES string of the molecule is F[C@H]1CCCN(c2ccc(-c3nc4ncc(-c5cccnc5)cc4s3)cn2)C1. The molecule has 4 aromatic heterocycles. The maximum absolute atomic E-state index is 13.6. The van der Waals surface area contributed by atoms with Crippen molar-refractivity contribution >= 4 is 27.5 Å². The van der Waals surface area contributed by atoms with Gasteiger partial charge in [-0.15, -0.1) is 11.3 Å². The van der Waals surface area contributed by atoms with Gasteiger partial charge in [0.25, 0.3) is 0 Å². The Kier molecular flexibility index (Phi) is 4.44. The summed E-state index contributed by atoms with van der Waals surface area (Å²) in [5.41, 5.74) is 3.73. The lowest BCUT2D eigenvalue weighted by atomic mass is 10.1. The zero-order valence-corrected chi connectivity index (χ0v) is 15.9. The molecule has 0 bridgehead atoms. The van der Waals surface area contributed by atoms with Crippen molar-refractivity contribution < 1.29 is 4.39 Å². The summed E-state index contributed by atoms with van der Waals surface area (Å²) < 4.78 is 14.7. The molecule has 0 aromatic carbocycles. The molecule has 5 rings (SSSR count). The average Bonchev–Trinajstić information content (AvgIpc) is 3.18. The summed E-state index contributed by atoms with van der Waals surface area (Å²) in [7, 11) is 0. The van der Waals surface area contributed by atoms with Crippen molar-refractivity contribution in [3.8, 4) is 21.7 Å². The molecule has 1 saturated heterocycles. The van der Waals surface area contributed by atoms with Gasteiger partial charge < -0.3 is 4.90 Å². The number of halogens is 1. The molecule has 1 fully saturated rings. The van der Waals surface area contributed by atoms with Crippen molar-refractivity contribution in [1.82, 2.24) is 19.9 Å². The van der Waals surface area contributed by atoms with E-state index in [9.17, 15) is 4.39 Å². The van der Waals surface area contributed by atoms with Crippen LogP contribution >= 0.6 is 11.3 Å². The minimum Gasteiger partial charge on any atom is -0.354 e. The Bertz CT molecular complexity index is 1100. The van der Waals surface area contributed by atoms with Gasteiger partial charge in [0.2, 0.25) is 0 Å². The molecule has 5 heterocycles. The molecule has 0 N–H and O–H groups in total. The van der Waals surface area contributed by atoms with E-state index < -0.39 is 6.17 Å². The predicted molar refractivity (Wildman–Crippen MR) is 110 cm³/mol. The molecular formula is C21H18FN5S. The second kappa shape index (κ2) is 7.24. The van der Waals surface area contributed by atoms with Crippen LogP contribution in [0.1, 0.15) is 12.8 Å². The standard InChI is InChI=1S/C21H18FN5S/c22-17-4-2-8-27(13-17)19-6-5-15(11-24-19)21-26-20-18(28-21)9-16(12-25-20)14-3-1-7-23-10-14/h1,3,5-7,9-12,17H,2,4,8,13H2/t17-/m0/s1. The molecular weight excluding hydrogens is 373 g/mol. The van der Waals surface area contributed by atoms with Gasteiger partial charge in [-0.25, -0.2) is 19.3 Å². The fourth-order valence-corrected chi connectivity index (χ4v) is 4.42. The van der Waals surface area contributed by atoms with E-state index in [0.717, 1.165) is 50.8 Å². The average molecular weight is 391 g/mol. The molecule has 1 aliphatic rings. The van der Waals surface area contributed by atoms with Crippen LogP contribution in [0, 0.1) is 0 Å². The van der Waals surface area contributed by atoms with Crippen LogP contribution in [0.2, 0.25) is 0 Å². The van der Waals surface area contributed by atoms with E-state index in [1.165, 1.54) is 0 Å². The van der Waals surface area contributed by atoms with Gasteiger partial charge in [-0.2, -0.15) is 0 Å². The number of hydrogen-bond acceptors (Lipinski definition) is 6. The van der Waals surface area contributed by atoms with E-state index in [-0.39, 0.29) is 0 Å². The van der Waals surface area contributed by atoms with E-state index in [4.69, 9.17) is 0 Å². The van der Waals surface area contributed by atoms with Gasteiger partial charge in [-0.05, 0) is 37.1 Å². The van der Waals surface area contributed by atoms with E-state index in [0.29, 0.717) is 13.0 Å². The summed E-state index contributed by atoms with van der Waals surface area (Å²) in [5, 5.41) is 0.881. The highest BCUT2D eigenvalue weighted by atomic mass is 32.1. The third-order valence-electron chi connectivity index (χ3n) is 4.92. The normalized spacial score (nSPS) is 17.2. The second-order valence-electron chi connectivity index (χ2n) is 6.90. The van der Waals surface area contributed by atoms with Gasteiger partial charge in [0, 0.05) is 48.0 Å². The second-order valence-corrected chi connectivity index (χ2v) is 7.93. The number of nitrogens with zero attached hydrogens (tertiary/aromatic N) is 5. The van der Waals surface area contributed by atoms with E-state index in [1.54, 1.807) is 17.5 Å². The zero-order chi connectivity index (χ0) is 18.9. The number of rotatable bonds is 3. The van der Waals surface area contributed by atoms with E-state index in [2.05, 4.69) is 26.0 Å². The molecule has 1 aliphatic heterocycles. The summed E-state index contributed by atoms with van der Waals surface area (Å²) >= 11 is 1.59. The van der Waals surface area contributed by atoms with Gasteiger partial charge in [0.15, 0.2) is 5.65 Å². The zero-order valence-electron chi connectivity index (χ0n) is 15.1. The van der Waals surface area contributed by atoms with Crippen LogP contribution in [-0.4, -0.2) is 39.2 Å². The highest BCUT2D eigenvalue weighted by Crippen LogP contribution is 2.32. The minimum atomic E-state index is -0.764. The lowest BCUT2D eigenvalue weighted by molar-refractivity contribution is 0.286. The van der Waals surface area contributed by atoms with Crippen molar-refractivity contribution in [1.29, 1.82) is 0 Å². The summed E-state index contributed by atoms with van der Waals surface area (Å²) in [6, 6.07) is 9.98. The summed E-state index contributed by atoms with van der Waals surface area (Å²) in [6.45, 7) is 1.28. The van der Waals surface area contributed by atoms with Crippen molar-refractivity contribution in [2.45, 2.75) is 19.0 Å². The van der Waals surface area contributed by atoms with Crippen LogP contribution in [0.3, 0.4) is 0 Å². The maximum Gasteiger partial charge on any atom is 0.170 e. The number of piperidine rings is 1. The van der Waals surface area contributed by atoms with Gasteiger partial charge in [0.1, 0.15) is 17.0 Å². The van der Waals surface area contributed by atoms with Crippen LogP contribution < -0.4 is 4.90 Å². The predicted octanol–water partition coefficient (Wildman–Crippen LogP) is 4.75. The smallest absolute Gasteiger partial charge is 0.170 e. The van der Waals surface area contributed by atoms with E-state index >= 15 is 0 Å². The Morgan fingerprint density at radius 2 is 1.96 bits per heavy atom. The van der Waals surface area contributed by atoms with Gasteiger partial charge >= 0.3 is 0 Å². The van der Waals surface area contributed by atoms with Crippen LogP contribution in [0.4, 0.5) is 10.2 Å².